The van der Waals surface area contributed by atoms with E-state index in [2.05, 4.69) is 15.2 Å². The molecule has 1 aliphatic rings. The van der Waals surface area contributed by atoms with Crippen LogP contribution < -0.4 is 16.4 Å². The summed E-state index contributed by atoms with van der Waals surface area (Å²) in [5.74, 6) is 1.14. The lowest BCUT2D eigenvalue weighted by molar-refractivity contribution is -0.114. The minimum atomic E-state index is -0.103. The molecule has 1 saturated carbocycles. The van der Waals surface area contributed by atoms with Gasteiger partial charge in [-0.25, -0.2) is 15.0 Å². The van der Waals surface area contributed by atoms with Gasteiger partial charge < -0.3 is 20.9 Å². The topological polar surface area (TPSA) is 111 Å². The summed E-state index contributed by atoms with van der Waals surface area (Å²) in [6, 6.07) is 15.5. The SMILES string of the molecule is CC(=O)Nc1ccc(Nc2nc(-c3cccc(N)c3)nc3c2ncn3C2CCCCC2)cc1. The third-order valence-electron chi connectivity index (χ3n) is 6.00. The van der Waals surface area contributed by atoms with Crippen LogP contribution in [-0.4, -0.2) is 25.4 Å². The molecule has 2 aromatic heterocycles. The van der Waals surface area contributed by atoms with Crippen LogP contribution in [0.4, 0.5) is 22.9 Å². The van der Waals surface area contributed by atoms with Crippen LogP contribution in [0.2, 0.25) is 0 Å². The van der Waals surface area contributed by atoms with E-state index in [4.69, 9.17) is 20.7 Å². The van der Waals surface area contributed by atoms with Gasteiger partial charge in [-0.15, -0.1) is 0 Å². The first-order valence-corrected chi connectivity index (χ1v) is 11.3. The number of hydrogen-bond acceptors (Lipinski definition) is 6. The molecule has 4 N–H and O–H groups in total. The molecular weight excluding hydrogens is 414 g/mol. The van der Waals surface area contributed by atoms with Gasteiger partial charge in [0, 0.05) is 35.6 Å². The minimum Gasteiger partial charge on any atom is -0.399 e. The van der Waals surface area contributed by atoms with Gasteiger partial charge in [-0.05, 0) is 49.2 Å². The van der Waals surface area contributed by atoms with E-state index in [9.17, 15) is 4.79 Å². The monoisotopic (exact) mass is 441 g/mol. The fraction of sp³-hybridized carbons (Fsp3) is 0.280. The fourth-order valence-corrected chi connectivity index (χ4v) is 4.41. The number of hydrogen-bond donors (Lipinski definition) is 3. The molecule has 0 unspecified atom stereocenters. The standard InChI is InChI=1S/C25H27N7O/c1-16(33)28-19-10-12-20(13-11-19)29-24-22-25(32(15-27-22)21-8-3-2-4-9-21)31-23(30-24)17-6-5-7-18(26)14-17/h5-7,10-15,21H,2-4,8-9,26H2,1H3,(H,28,33)(H,29,30,31). The number of anilines is 4. The molecule has 0 aliphatic heterocycles. The molecule has 0 spiro atoms. The maximum atomic E-state index is 11.3. The molecule has 8 heteroatoms. The largest absolute Gasteiger partial charge is 0.399 e. The van der Waals surface area contributed by atoms with E-state index >= 15 is 0 Å². The summed E-state index contributed by atoms with van der Waals surface area (Å²) >= 11 is 0. The van der Waals surface area contributed by atoms with Gasteiger partial charge in [0.25, 0.3) is 0 Å². The first-order valence-electron chi connectivity index (χ1n) is 11.3. The Morgan fingerprint density at radius 2 is 1.79 bits per heavy atom. The highest BCUT2D eigenvalue weighted by Gasteiger charge is 2.21. The van der Waals surface area contributed by atoms with Gasteiger partial charge in [-0.3, -0.25) is 4.79 Å². The number of amides is 1. The highest BCUT2D eigenvalue weighted by atomic mass is 16.1. The highest BCUT2D eigenvalue weighted by molar-refractivity contribution is 5.90. The number of benzene rings is 2. The van der Waals surface area contributed by atoms with Gasteiger partial charge in [-0.2, -0.15) is 0 Å². The Bertz CT molecular complexity index is 1290. The Morgan fingerprint density at radius 1 is 1.03 bits per heavy atom. The molecule has 8 nitrogen and oxygen atoms in total. The van der Waals surface area contributed by atoms with Crippen molar-refractivity contribution >= 4 is 40.0 Å². The molecule has 1 amide bonds. The summed E-state index contributed by atoms with van der Waals surface area (Å²) in [7, 11) is 0. The molecule has 1 fully saturated rings. The number of nitrogens with zero attached hydrogens (tertiary/aromatic N) is 4. The number of rotatable bonds is 5. The average Bonchev–Trinajstić information content (AvgIpc) is 3.25. The molecule has 0 radical (unpaired) electrons. The summed E-state index contributed by atoms with van der Waals surface area (Å²) in [4.78, 5) is 25.7. The molecule has 0 atom stereocenters. The van der Waals surface area contributed by atoms with Gasteiger partial charge in [0.2, 0.25) is 5.91 Å². The normalized spacial score (nSPS) is 14.3. The second kappa shape index (κ2) is 8.90. The van der Waals surface area contributed by atoms with E-state index in [0.717, 1.165) is 40.9 Å². The maximum Gasteiger partial charge on any atom is 0.221 e. The van der Waals surface area contributed by atoms with E-state index in [-0.39, 0.29) is 5.91 Å². The Balaban J connectivity index is 1.57. The molecule has 2 heterocycles. The number of fused-ring (bicyclic) bond motifs is 1. The van der Waals surface area contributed by atoms with Crippen LogP contribution in [0.1, 0.15) is 45.1 Å². The highest BCUT2D eigenvalue weighted by Crippen LogP contribution is 2.33. The second-order valence-corrected chi connectivity index (χ2v) is 8.52. The minimum absolute atomic E-state index is 0.103. The lowest BCUT2D eigenvalue weighted by atomic mass is 9.95. The summed E-state index contributed by atoms with van der Waals surface area (Å²) in [5.41, 5.74) is 10.7. The Morgan fingerprint density at radius 3 is 2.52 bits per heavy atom. The summed E-state index contributed by atoms with van der Waals surface area (Å²) in [6.45, 7) is 1.49. The van der Waals surface area contributed by atoms with Crippen molar-refractivity contribution in [2.45, 2.75) is 45.1 Å². The zero-order chi connectivity index (χ0) is 22.8. The number of aromatic nitrogens is 4. The van der Waals surface area contributed by atoms with Crippen molar-refractivity contribution in [3.63, 3.8) is 0 Å². The molecule has 5 rings (SSSR count). The molecule has 2 aromatic carbocycles. The third-order valence-corrected chi connectivity index (χ3v) is 6.00. The van der Waals surface area contributed by atoms with Crippen LogP contribution in [0.15, 0.2) is 54.9 Å². The van der Waals surface area contributed by atoms with Gasteiger partial charge >= 0.3 is 0 Å². The van der Waals surface area contributed by atoms with Crippen molar-refractivity contribution in [1.29, 1.82) is 0 Å². The number of nitrogen functional groups attached to an aromatic ring is 1. The predicted octanol–water partition coefficient (Wildman–Crippen LogP) is 5.28. The predicted molar refractivity (Wildman–Crippen MR) is 131 cm³/mol. The lowest BCUT2D eigenvalue weighted by Crippen LogP contribution is -2.12. The summed E-state index contributed by atoms with van der Waals surface area (Å²) in [6.07, 6.45) is 7.90. The maximum absolute atomic E-state index is 11.3. The van der Waals surface area contributed by atoms with Crippen LogP contribution in [-0.2, 0) is 4.79 Å². The molecule has 0 saturated heterocycles. The Kier molecular flexibility index (Phi) is 5.64. The smallest absolute Gasteiger partial charge is 0.221 e. The number of nitrogens with two attached hydrogens (primary N) is 1. The third kappa shape index (κ3) is 4.50. The lowest BCUT2D eigenvalue weighted by Gasteiger charge is -2.23. The zero-order valence-electron chi connectivity index (χ0n) is 18.6. The molecule has 1 aliphatic carbocycles. The van der Waals surface area contributed by atoms with E-state index in [1.807, 2.05) is 54.9 Å². The molecule has 168 valence electrons. The van der Waals surface area contributed by atoms with Crippen LogP contribution in [0.25, 0.3) is 22.6 Å². The van der Waals surface area contributed by atoms with Crippen LogP contribution >= 0.6 is 0 Å². The summed E-state index contributed by atoms with van der Waals surface area (Å²) in [5, 5.41) is 6.18. The Hall–Kier alpha value is -3.94. The van der Waals surface area contributed by atoms with Gasteiger partial charge in [0.1, 0.15) is 0 Å². The van der Waals surface area contributed by atoms with Crippen molar-refractivity contribution in [1.82, 2.24) is 19.5 Å². The average molecular weight is 442 g/mol. The van der Waals surface area contributed by atoms with E-state index in [1.54, 1.807) is 0 Å². The van der Waals surface area contributed by atoms with E-state index < -0.39 is 0 Å². The second-order valence-electron chi connectivity index (χ2n) is 8.52. The number of carbonyl (C=O) groups is 1. The number of nitrogens with one attached hydrogen (secondary N) is 2. The van der Waals surface area contributed by atoms with Crippen molar-refractivity contribution in [2.75, 3.05) is 16.4 Å². The quantitative estimate of drug-likeness (QED) is 0.363. The van der Waals surface area contributed by atoms with Gasteiger partial charge in [0.05, 0.1) is 6.33 Å². The molecule has 33 heavy (non-hydrogen) atoms. The first-order chi connectivity index (χ1) is 16.1. The van der Waals surface area contributed by atoms with Gasteiger partial charge in [-0.1, -0.05) is 31.4 Å². The van der Waals surface area contributed by atoms with Crippen LogP contribution in [0.5, 0.6) is 0 Å². The van der Waals surface area contributed by atoms with E-state index in [0.29, 0.717) is 23.4 Å². The van der Waals surface area contributed by atoms with E-state index in [1.165, 1.54) is 26.2 Å². The Labute approximate surface area is 192 Å². The van der Waals surface area contributed by atoms with Crippen LogP contribution in [0.3, 0.4) is 0 Å². The van der Waals surface area contributed by atoms with Crippen molar-refractivity contribution in [3.8, 4) is 11.4 Å². The summed E-state index contributed by atoms with van der Waals surface area (Å²) < 4.78 is 2.21. The number of imidazole rings is 1. The van der Waals surface area contributed by atoms with Crippen molar-refractivity contribution in [3.05, 3.63) is 54.9 Å². The molecule has 4 aromatic rings. The fourth-order valence-electron chi connectivity index (χ4n) is 4.41. The molecular formula is C25H27N7O. The zero-order valence-corrected chi connectivity index (χ0v) is 18.6. The number of carbonyl (C=O) groups excluding carboxylic acids is 1. The van der Waals surface area contributed by atoms with Crippen LogP contribution in [0, 0.1) is 0 Å². The van der Waals surface area contributed by atoms with Crippen molar-refractivity contribution in [2.24, 2.45) is 0 Å². The van der Waals surface area contributed by atoms with Crippen molar-refractivity contribution < 1.29 is 4.79 Å². The van der Waals surface area contributed by atoms with Gasteiger partial charge in [0.15, 0.2) is 22.8 Å². The molecule has 0 bridgehead atoms. The first kappa shape index (κ1) is 20.9.